The maximum Gasteiger partial charge on any atom is 0.326 e. The molecule has 1 fully saturated rings. The molecule has 1 aromatic heterocycles. The van der Waals surface area contributed by atoms with Gasteiger partial charge in [0.15, 0.2) is 0 Å². The third kappa shape index (κ3) is 6.01. The molecule has 3 atom stereocenters. The van der Waals surface area contributed by atoms with Crippen molar-refractivity contribution in [3.8, 4) is 0 Å². The highest BCUT2D eigenvalue weighted by Crippen LogP contribution is 2.17. The summed E-state index contributed by atoms with van der Waals surface area (Å²) in [5, 5.41) is 14.3. The van der Waals surface area contributed by atoms with Crippen LogP contribution in [0.1, 0.15) is 32.4 Å². The number of hydrogen-bond donors (Lipinski definition) is 5. The SMILES string of the molecule is CC(C)C(NC(=O)C(N)Cc1cnc[nH]1)C(=O)NCC(=O)N1CCCC1C(=O)O. The van der Waals surface area contributed by atoms with Crippen molar-refractivity contribution in [1.29, 1.82) is 0 Å². The Bertz CT molecular complexity index is 735. The van der Waals surface area contributed by atoms with E-state index < -0.39 is 41.8 Å². The van der Waals surface area contributed by atoms with Gasteiger partial charge in [0, 0.05) is 24.9 Å². The Hall–Kier alpha value is -2.95. The molecule has 6 N–H and O–H groups in total. The van der Waals surface area contributed by atoms with Gasteiger partial charge in [-0.25, -0.2) is 9.78 Å². The van der Waals surface area contributed by atoms with E-state index >= 15 is 0 Å². The van der Waals surface area contributed by atoms with Crippen LogP contribution in [0.4, 0.5) is 0 Å². The predicted octanol–water partition coefficient (Wildman–Crippen LogP) is -1.39. The first-order valence-corrected chi connectivity index (χ1v) is 9.54. The molecule has 1 aliphatic rings. The lowest BCUT2D eigenvalue weighted by Gasteiger charge is -2.25. The van der Waals surface area contributed by atoms with Crippen LogP contribution in [-0.2, 0) is 25.6 Å². The topological polar surface area (TPSA) is 171 Å². The maximum absolute atomic E-state index is 12.5. The van der Waals surface area contributed by atoms with Crippen LogP contribution in [0.3, 0.4) is 0 Å². The number of amides is 3. The number of aromatic nitrogens is 2. The van der Waals surface area contributed by atoms with E-state index in [4.69, 9.17) is 10.8 Å². The quantitative estimate of drug-likeness (QED) is 0.335. The van der Waals surface area contributed by atoms with Gasteiger partial charge >= 0.3 is 5.97 Å². The molecule has 0 spiro atoms. The van der Waals surface area contributed by atoms with Crippen LogP contribution in [0.2, 0.25) is 0 Å². The van der Waals surface area contributed by atoms with Gasteiger partial charge in [0.1, 0.15) is 12.1 Å². The molecule has 1 aromatic rings. The van der Waals surface area contributed by atoms with E-state index in [1.165, 1.54) is 11.2 Å². The van der Waals surface area contributed by atoms with Crippen molar-refractivity contribution in [3.05, 3.63) is 18.2 Å². The fourth-order valence-corrected chi connectivity index (χ4v) is 3.22. The molecule has 11 heteroatoms. The minimum Gasteiger partial charge on any atom is -0.480 e. The van der Waals surface area contributed by atoms with Crippen molar-refractivity contribution < 1.29 is 24.3 Å². The second-order valence-corrected chi connectivity index (χ2v) is 7.42. The van der Waals surface area contributed by atoms with Crippen LogP contribution in [-0.4, -0.2) is 74.9 Å². The van der Waals surface area contributed by atoms with Crippen LogP contribution in [0.25, 0.3) is 0 Å². The largest absolute Gasteiger partial charge is 0.480 e. The second-order valence-electron chi connectivity index (χ2n) is 7.42. The summed E-state index contributed by atoms with van der Waals surface area (Å²) in [7, 11) is 0. The standard InChI is InChI=1S/C18H28N6O5/c1-10(2)15(23-16(26)12(19)6-11-7-20-9-22-11)17(27)21-8-14(25)24-5-3-4-13(24)18(28)29/h7,9-10,12-13,15H,3-6,8,19H2,1-2H3,(H,20,22)(H,21,27)(H,23,26)(H,28,29). The smallest absolute Gasteiger partial charge is 0.326 e. The lowest BCUT2D eigenvalue weighted by atomic mass is 10.0. The first-order chi connectivity index (χ1) is 13.7. The van der Waals surface area contributed by atoms with Gasteiger partial charge in [-0.2, -0.15) is 0 Å². The monoisotopic (exact) mass is 408 g/mol. The molecule has 3 amide bonds. The van der Waals surface area contributed by atoms with Crippen molar-refractivity contribution in [3.63, 3.8) is 0 Å². The number of imidazole rings is 1. The zero-order chi connectivity index (χ0) is 21.6. The third-order valence-electron chi connectivity index (χ3n) is 4.85. The molecule has 3 unspecified atom stereocenters. The fraction of sp³-hybridized carbons (Fsp3) is 0.611. The highest BCUT2D eigenvalue weighted by Gasteiger charge is 2.34. The molecular formula is C18H28N6O5. The average Bonchev–Trinajstić information content (AvgIpc) is 3.34. The van der Waals surface area contributed by atoms with Crippen LogP contribution >= 0.6 is 0 Å². The summed E-state index contributed by atoms with van der Waals surface area (Å²) < 4.78 is 0. The Balaban J connectivity index is 1.89. The Labute approximate surface area is 168 Å². The van der Waals surface area contributed by atoms with Crippen molar-refractivity contribution in [2.24, 2.45) is 11.7 Å². The van der Waals surface area contributed by atoms with E-state index in [0.29, 0.717) is 25.1 Å². The molecule has 0 aromatic carbocycles. The summed E-state index contributed by atoms with van der Waals surface area (Å²) in [6, 6.07) is -2.61. The molecule has 0 saturated carbocycles. The Morgan fingerprint density at radius 1 is 1.34 bits per heavy atom. The number of aromatic amines is 1. The van der Waals surface area contributed by atoms with Gasteiger partial charge < -0.3 is 31.4 Å². The molecule has 2 rings (SSSR count). The fourth-order valence-electron chi connectivity index (χ4n) is 3.22. The van der Waals surface area contributed by atoms with Crippen molar-refractivity contribution >= 4 is 23.7 Å². The van der Waals surface area contributed by atoms with Crippen LogP contribution < -0.4 is 16.4 Å². The molecule has 160 valence electrons. The third-order valence-corrected chi connectivity index (χ3v) is 4.85. The van der Waals surface area contributed by atoms with Gasteiger partial charge in [0.2, 0.25) is 17.7 Å². The molecule has 29 heavy (non-hydrogen) atoms. The van der Waals surface area contributed by atoms with Crippen molar-refractivity contribution in [2.45, 2.75) is 51.2 Å². The van der Waals surface area contributed by atoms with E-state index in [0.717, 1.165) is 0 Å². The summed E-state index contributed by atoms with van der Waals surface area (Å²) in [6.45, 7) is 3.53. The minimum atomic E-state index is -1.05. The lowest BCUT2D eigenvalue weighted by Crippen LogP contribution is -2.55. The molecule has 0 bridgehead atoms. The van der Waals surface area contributed by atoms with E-state index in [9.17, 15) is 19.2 Å². The summed E-state index contributed by atoms with van der Waals surface area (Å²) in [6.07, 6.45) is 4.29. The number of H-pyrrole nitrogens is 1. The van der Waals surface area contributed by atoms with Gasteiger partial charge in [-0.15, -0.1) is 0 Å². The van der Waals surface area contributed by atoms with Gasteiger partial charge in [-0.1, -0.05) is 13.8 Å². The Morgan fingerprint density at radius 3 is 2.66 bits per heavy atom. The number of carboxylic acid groups (broad SMARTS) is 1. The van der Waals surface area contributed by atoms with E-state index in [-0.39, 0.29) is 18.9 Å². The van der Waals surface area contributed by atoms with Gasteiger partial charge in [0.05, 0.1) is 18.9 Å². The van der Waals surface area contributed by atoms with Crippen molar-refractivity contribution in [1.82, 2.24) is 25.5 Å². The number of aliphatic carboxylic acids is 1. The van der Waals surface area contributed by atoms with Gasteiger partial charge in [-0.3, -0.25) is 14.4 Å². The van der Waals surface area contributed by atoms with E-state index in [1.807, 2.05) is 0 Å². The van der Waals surface area contributed by atoms with Gasteiger partial charge in [-0.05, 0) is 18.8 Å². The highest BCUT2D eigenvalue weighted by atomic mass is 16.4. The summed E-state index contributed by atoms with van der Waals surface area (Å²) >= 11 is 0. The molecular weight excluding hydrogens is 380 g/mol. The van der Waals surface area contributed by atoms with Crippen molar-refractivity contribution in [2.75, 3.05) is 13.1 Å². The number of nitrogens with two attached hydrogens (primary N) is 1. The Kier molecular flexibility index (Phi) is 7.71. The number of hydrogen-bond acceptors (Lipinski definition) is 6. The lowest BCUT2D eigenvalue weighted by molar-refractivity contribution is -0.148. The normalized spacial score (nSPS) is 18.3. The molecule has 0 aliphatic carbocycles. The summed E-state index contributed by atoms with van der Waals surface area (Å²) in [5.74, 6) is -2.78. The predicted molar refractivity (Wildman–Crippen MR) is 102 cm³/mol. The summed E-state index contributed by atoms with van der Waals surface area (Å²) in [5.41, 5.74) is 6.59. The number of nitrogens with zero attached hydrogens (tertiary/aromatic N) is 2. The average molecular weight is 408 g/mol. The van der Waals surface area contributed by atoms with Crippen LogP contribution in [0, 0.1) is 5.92 Å². The number of likely N-dealkylation sites (tertiary alicyclic amines) is 1. The number of nitrogens with one attached hydrogen (secondary N) is 3. The molecule has 1 saturated heterocycles. The molecule has 1 aliphatic heterocycles. The summed E-state index contributed by atoms with van der Waals surface area (Å²) in [4.78, 5) is 56.4. The minimum absolute atomic E-state index is 0.238. The number of rotatable bonds is 9. The van der Waals surface area contributed by atoms with Gasteiger partial charge in [0.25, 0.3) is 0 Å². The number of carbonyl (C=O) groups is 4. The molecule has 11 nitrogen and oxygen atoms in total. The Morgan fingerprint density at radius 2 is 2.07 bits per heavy atom. The number of carbonyl (C=O) groups excluding carboxylic acids is 3. The zero-order valence-corrected chi connectivity index (χ0v) is 16.6. The first kappa shape index (κ1) is 22.3. The van der Waals surface area contributed by atoms with E-state index in [2.05, 4.69) is 20.6 Å². The zero-order valence-electron chi connectivity index (χ0n) is 16.6. The molecule has 2 heterocycles. The highest BCUT2D eigenvalue weighted by molar-refractivity contribution is 5.93. The van der Waals surface area contributed by atoms with Crippen LogP contribution in [0.15, 0.2) is 12.5 Å². The van der Waals surface area contributed by atoms with E-state index in [1.54, 1.807) is 20.0 Å². The first-order valence-electron chi connectivity index (χ1n) is 9.54. The molecule has 0 radical (unpaired) electrons. The second kappa shape index (κ2) is 10.0. The number of carboxylic acids is 1. The maximum atomic E-state index is 12.5. The van der Waals surface area contributed by atoms with Crippen LogP contribution in [0.5, 0.6) is 0 Å².